The van der Waals surface area contributed by atoms with Crippen molar-refractivity contribution < 1.29 is 90.6 Å². The molecule has 23 rings (SSSR count). The maximum atomic E-state index is 13.2. The highest BCUT2D eigenvalue weighted by Crippen LogP contribution is 2.46. The van der Waals surface area contributed by atoms with Crippen LogP contribution in [0.5, 0.6) is 29.4 Å². The van der Waals surface area contributed by atoms with Crippen LogP contribution in [-0.4, -0.2) is 167 Å². The second-order valence-corrected chi connectivity index (χ2v) is 49.6. The number of urea groups is 5. The zero-order chi connectivity index (χ0) is 103. The molecule has 146 heavy (non-hydrogen) atoms. The van der Waals surface area contributed by atoms with Crippen molar-refractivity contribution in [3.8, 4) is 29.4 Å². The van der Waals surface area contributed by atoms with E-state index in [2.05, 4.69) is 106 Å². The number of ether oxygens (including phenoxy) is 5. The normalized spacial score (nSPS) is 18.3. The lowest BCUT2D eigenvalue weighted by molar-refractivity contribution is 0.0538. The molecule has 45 heteroatoms. The van der Waals surface area contributed by atoms with Gasteiger partial charge in [0.1, 0.15) is 17.6 Å². The Morgan fingerprint density at radius 3 is 1.08 bits per heavy atom. The van der Waals surface area contributed by atoms with Crippen LogP contribution in [0.4, 0.5) is 52.4 Å². The Morgan fingerprint density at radius 2 is 0.692 bits per heavy atom. The van der Waals surface area contributed by atoms with Crippen LogP contribution in [-0.2, 0) is 179 Å². The van der Waals surface area contributed by atoms with Crippen molar-refractivity contribution in [3.05, 3.63) is 173 Å². The van der Waals surface area contributed by atoms with Gasteiger partial charge in [0.05, 0.1) is 86.3 Å². The summed E-state index contributed by atoms with van der Waals surface area (Å²) in [6.45, 7) is 19.9. The average Bonchev–Trinajstić information content (AvgIpc) is 1.62. The van der Waals surface area contributed by atoms with Crippen molar-refractivity contribution in [2.45, 2.75) is 310 Å². The van der Waals surface area contributed by atoms with Crippen LogP contribution in [0.1, 0.15) is 249 Å². The lowest BCUT2D eigenvalue weighted by atomic mass is 9.90. The first-order chi connectivity index (χ1) is 69.7. The molecule has 10 amide bonds. The van der Waals surface area contributed by atoms with E-state index in [0.29, 0.717) is 51.7 Å². The van der Waals surface area contributed by atoms with Crippen molar-refractivity contribution in [3.63, 3.8) is 0 Å². The van der Waals surface area contributed by atoms with Crippen LogP contribution in [0.3, 0.4) is 0 Å². The van der Waals surface area contributed by atoms with Gasteiger partial charge in [-0.15, -0.1) is 0 Å². The average molecular weight is 2100 g/mol. The van der Waals surface area contributed by atoms with Gasteiger partial charge in [-0.05, 0) is 299 Å². The molecule has 13 aliphatic rings. The van der Waals surface area contributed by atoms with E-state index in [1.165, 1.54) is 105 Å². The molecule has 8 aliphatic carbocycles. The Morgan fingerprint density at radius 1 is 0.377 bits per heavy atom. The highest BCUT2D eigenvalue weighted by molar-refractivity contribution is 7.99. The number of nitrogens with zero attached hydrogens (tertiary/aromatic N) is 10. The Kier molecular flexibility index (Phi) is 28.7. The highest BCUT2D eigenvalue weighted by Gasteiger charge is 2.40. The summed E-state index contributed by atoms with van der Waals surface area (Å²) >= 11 is 0. The number of sulfonamides is 4. The van der Waals surface area contributed by atoms with Gasteiger partial charge in [0.25, 0.3) is 40.1 Å². The predicted molar refractivity (Wildman–Crippen MR) is 546 cm³/mol. The van der Waals surface area contributed by atoms with Gasteiger partial charge in [0, 0.05) is 59.8 Å². The van der Waals surface area contributed by atoms with Crippen LogP contribution < -0.4 is 73.9 Å². The monoisotopic (exact) mass is 2100 g/mol. The molecule has 10 heterocycles. The first-order valence-corrected chi connectivity index (χ1v) is 58.1. The van der Waals surface area contributed by atoms with Gasteiger partial charge in [-0.1, -0.05) is 83.5 Å². The number of anilines is 5. The zero-order valence-corrected chi connectivity index (χ0v) is 87.3. The van der Waals surface area contributed by atoms with Crippen LogP contribution in [0.15, 0.2) is 91.9 Å². The fourth-order valence-electron chi connectivity index (χ4n) is 22.2. The van der Waals surface area contributed by atoms with Gasteiger partial charge in [-0.2, -0.15) is 25.5 Å². The summed E-state index contributed by atoms with van der Waals surface area (Å²) < 4.78 is 162. The minimum Gasteiger partial charge on any atom is -0.477 e. The first kappa shape index (κ1) is 102. The van der Waals surface area contributed by atoms with Crippen molar-refractivity contribution in [1.82, 2.24) is 72.5 Å². The molecule has 10 aromatic rings. The fraction of sp³-hybridized carbons (Fsp3) is 0.495. The SMILES string of the molecule is C=S(=O)(NC(=O)Nc1c2c(cc3c1CCC3)CCC2)c1cnn2c1OCC(O)C2.CC1(C)COc2c(S(=O)(=O)NC(=O)Nc3c4c(cc5c3CCC5)CCC4)cnn2C1.CC1CCOc2c(S(=O)(=O)NC(=O)Nc3c4c(cc5c3CCC5)CCC4)cnn21.Cc1cc(C(C)C)c(NC(=O)NS(=O)(=O)c2cnn3c2OCCC3)c(C(C)C)c1.O=C(Nc1c2c(cc3c1CCC3)CCC2)NS(=O)(=O)c1cnn2c1OCCCC2. The molecule has 0 saturated carbocycles. The molecule has 5 aromatic heterocycles. The lowest BCUT2D eigenvalue weighted by Gasteiger charge is -2.30. The molecular weight excluding hydrogens is 1970 g/mol. The van der Waals surface area contributed by atoms with E-state index in [-0.39, 0.29) is 90.3 Å². The molecule has 780 valence electrons. The summed E-state index contributed by atoms with van der Waals surface area (Å²) in [6.07, 6.45) is 32.9. The van der Waals surface area contributed by atoms with Gasteiger partial charge in [0.15, 0.2) is 19.6 Å². The molecule has 0 radical (unpaired) electrons. The molecule has 3 atom stereocenters. The van der Waals surface area contributed by atoms with Gasteiger partial charge in [0.2, 0.25) is 29.4 Å². The van der Waals surface area contributed by atoms with Crippen molar-refractivity contribution in [2.75, 3.05) is 59.6 Å². The number of nitrogens with one attached hydrogen (secondary N) is 10. The van der Waals surface area contributed by atoms with E-state index in [9.17, 15) is 67.0 Å². The standard InChI is InChI=1S/C21H26N4O4S.3C20H24N4O4S.C20H28N4O4S/c1-21(2)11-25-19(29-12-21)17(10-22-25)30(27,28)24-20(26)23-18-15-7-3-5-13(15)9-14-6-4-8-16(14)18;1-29(27,17-9-21-24-10-14(25)11-28-19(17)24)23-20(26)22-18-15-6-2-4-12(15)8-13-5-3-7-16(13)18;1-12-8-9-28-19-17(11-21-24(12)19)29(26,27)23-20(25)22-18-15-6-2-4-13(15)10-14-5-3-7-16(14)18;25-20(22-18-15-7-3-5-13(15)11-14-6-4-8-16(14)18)23-29(26,27)17-12-21-24-9-1-2-10-28-19(17)24;1-12(2)15-9-14(5)10-16(13(3)4)18(15)22-20(25)23-29(26,27)17-11-21-24-7-6-8-28-19(17)24/h9-10H,3-8,11-12H2,1-2H3,(H2,23,24,26);8-9,14,25H,1-7,10-11H2,(H2,22,23,26,27);10-12H,2-9H2,1H3,(H2,22,23,25);11-12H,1-10H2,(H2,22,23,25);9-13H,6-8H2,1-5H3,(H2,22,23,25). The second kappa shape index (κ2) is 41.2. The van der Waals surface area contributed by atoms with Crippen LogP contribution in [0, 0.1) is 12.3 Å². The zero-order valence-electron chi connectivity index (χ0n) is 83.2. The summed E-state index contributed by atoms with van der Waals surface area (Å²) in [5.74, 6) is 5.05. The minimum atomic E-state index is -4.12. The van der Waals surface area contributed by atoms with Crippen LogP contribution in [0.25, 0.3) is 0 Å². The summed E-state index contributed by atoms with van der Waals surface area (Å²) in [5.41, 5.74) is 26.4. The van der Waals surface area contributed by atoms with Crippen molar-refractivity contribution in [1.29, 1.82) is 0 Å². The van der Waals surface area contributed by atoms with E-state index >= 15 is 0 Å². The smallest absolute Gasteiger partial charge is 0.333 e. The Labute approximate surface area is 849 Å². The fourth-order valence-corrected chi connectivity index (χ4v) is 27.3. The molecular formula is C101H126N20O20S5. The van der Waals surface area contributed by atoms with E-state index in [1.54, 1.807) is 4.68 Å². The number of aliphatic hydroxyl groups is 1. The number of amides is 10. The number of hydrogen-bond acceptors (Lipinski definition) is 25. The summed E-state index contributed by atoms with van der Waals surface area (Å²) in [5, 5.41) is 44.5. The topological polar surface area (TPSA) is 515 Å². The Balaban J connectivity index is 0.000000115. The van der Waals surface area contributed by atoms with Gasteiger partial charge < -0.3 is 55.4 Å². The molecule has 0 bridgehead atoms. The van der Waals surface area contributed by atoms with Crippen molar-refractivity contribution in [2.24, 2.45) is 5.41 Å². The Hall–Kier alpha value is -12.7. The van der Waals surface area contributed by atoms with Gasteiger partial charge >= 0.3 is 30.2 Å². The third-order valence-corrected chi connectivity index (χ3v) is 35.8. The first-order valence-electron chi connectivity index (χ1n) is 50.5. The maximum absolute atomic E-state index is 13.2. The third kappa shape index (κ3) is 21.2. The summed E-state index contributed by atoms with van der Waals surface area (Å²) in [4.78, 5) is 63.3. The maximum Gasteiger partial charge on any atom is 0.333 e. The summed E-state index contributed by atoms with van der Waals surface area (Å²) in [7, 11) is -19.6. The van der Waals surface area contributed by atoms with Crippen LogP contribution in [0.2, 0.25) is 0 Å². The number of carbonyl (C=O) groups excluding carboxylic acids is 5. The number of aliphatic hydroxyl groups excluding tert-OH is 1. The van der Waals surface area contributed by atoms with E-state index in [4.69, 9.17) is 23.7 Å². The number of aromatic nitrogens is 10. The van der Waals surface area contributed by atoms with Crippen LogP contribution >= 0.6 is 0 Å². The third-order valence-electron chi connectivity index (χ3n) is 29.0. The van der Waals surface area contributed by atoms with E-state index in [1.807, 2.05) is 67.5 Å². The van der Waals surface area contributed by atoms with Gasteiger partial charge in [-0.25, -0.2) is 104 Å². The van der Waals surface area contributed by atoms with E-state index < -0.39 is 86.1 Å². The molecule has 40 nitrogen and oxygen atoms in total. The number of hydrogen-bond donors (Lipinski definition) is 11. The van der Waals surface area contributed by atoms with Crippen molar-refractivity contribution >= 4 is 114 Å². The number of rotatable bonds is 17. The number of carbonyl (C=O) groups is 5. The number of fused-ring (bicyclic) bond motifs is 13. The number of aryl methyl sites for hydroxylation is 11. The minimum absolute atomic E-state index is 0.0472. The highest BCUT2D eigenvalue weighted by atomic mass is 32.2. The Bertz CT molecular complexity index is 7340. The quantitative estimate of drug-likeness (QED) is 0.0377. The molecule has 0 fully saturated rings. The summed E-state index contributed by atoms with van der Waals surface area (Å²) in [6, 6.07) is 9.58. The van der Waals surface area contributed by atoms with E-state index in [0.717, 1.165) is 253 Å². The molecule has 0 spiro atoms. The predicted octanol–water partition coefficient (Wildman–Crippen LogP) is 13.2. The molecule has 0 saturated heterocycles. The largest absolute Gasteiger partial charge is 0.477 e. The molecule has 3 unspecified atom stereocenters. The number of benzene rings is 5. The molecule has 11 N–H and O–H groups in total. The molecule has 5 aromatic carbocycles. The van der Waals surface area contributed by atoms with Gasteiger partial charge in [-0.3, -0.25) is 4.72 Å². The second-order valence-electron chi connectivity index (χ2n) is 41.0. The lowest BCUT2D eigenvalue weighted by Crippen LogP contribution is -2.36. The molecule has 5 aliphatic heterocycles.